The number of carbonyl (C=O) groups is 1. The Morgan fingerprint density at radius 2 is 2.10 bits per heavy atom. The van der Waals surface area contributed by atoms with E-state index in [-0.39, 0.29) is 0 Å². The average molecular weight is 272 g/mol. The fraction of sp³-hybridized carbons (Fsp3) is 0.333. The van der Waals surface area contributed by atoms with Crippen LogP contribution in [-0.4, -0.2) is 27.5 Å². The molecule has 0 atom stereocenters. The highest BCUT2D eigenvalue weighted by molar-refractivity contribution is 5.88. The van der Waals surface area contributed by atoms with Gasteiger partial charge in [-0.05, 0) is 31.4 Å². The third-order valence-corrected chi connectivity index (χ3v) is 3.49. The molecule has 20 heavy (non-hydrogen) atoms. The van der Waals surface area contributed by atoms with E-state index in [0.717, 1.165) is 36.3 Å². The Morgan fingerprint density at radius 1 is 1.30 bits per heavy atom. The van der Waals surface area contributed by atoms with E-state index in [1.54, 1.807) is 4.68 Å². The number of para-hydroxylation sites is 1. The quantitative estimate of drug-likeness (QED) is 0.905. The van der Waals surface area contributed by atoms with Gasteiger partial charge in [0, 0.05) is 5.56 Å². The Bertz CT molecular complexity index is 620. The van der Waals surface area contributed by atoms with Crippen molar-refractivity contribution >= 4 is 5.97 Å². The van der Waals surface area contributed by atoms with Crippen molar-refractivity contribution in [1.29, 1.82) is 0 Å². The van der Waals surface area contributed by atoms with Crippen LogP contribution < -0.4 is 4.74 Å². The van der Waals surface area contributed by atoms with Gasteiger partial charge in [0.05, 0.1) is 12.2 Å². The summed E-state index contributed by atoms with van der Waals surface area (Å²) in [5.74, 6) is -0.121. The van der Waals surface area contributed by atoms with Gasteiger partial charge >= 0.3 is 5.97 Å². The van der Waals surface area contributed by atoms with Crippen molar-refractivity contribution in [3.05, 3.63) is 47.3 Å². The summed E-state index contributed by atoms with van der Waals surface area (Å²) < 4.78 is 7.16. The van der Waals surface area contributed by atoms with Gasteiger partial charge in [-0.2, -0.15) is 5.10 Å². The van der Waals surface area contributed by atoms with E-state index in [4.69, 9.17) is 4.74 Å². The number of hydrogen-bond acceptors (Lipinski definition) is 3. The maximum absolute atomic E-state index is 11.4. The lowest BCUT2D eigenvalue weighted by Crippen LogP contribution is -2.16. The number of nitrogens with zero attached hydrogens (tertiary/aromatic N) is 2. The smallest absolute Gasteiger partial charge is 0.354 e. The van der Waals surface area contributed by atoms with Gasteiger partial charge in [-0.25, -0.2) is 4.79 Å². The predicted octanol–water partition coefficient (Wildman–Crippen LogP) is 2.15. The van der Waals surface area contributed by atoms with Crippen LogP contribution in [0.2, 0.25) is 0 Å². The van der Waals surface area contributed by atoms with Crippen molar-refractivity contribution in [1.82, 2.24) is 9.78 Å². The molecule has 5 nitrogen and oxygen atoms in total. The van der Waals surface area contributed by atoms with Crippen molar-refractivity contribution in [2.24, 2.45) is 0 Å². The van der Waals surface area contributed by atoms with Crippen LogP contribution in [0.1, 0.15) is 28.2 Å². The van der Waals surface area contributed by atoms with E-state index in [2.05, 4.69) is 5.10 Å². The molecule has 0 spiro atoms. The van der Waals surface area contributed by atoms with Crippen molar-refractivity contribution < 1.29 is 14.6 Å². The second-order valence-electron chi connectivity index (χ2n) is 4.82. The molecule has 1 aromatic heterocycles. The second-order valence-corrected chi connectivity index (χ2v) is 4.82. The van der Waals surface area contributed by atoms with Gasteiger partial charge in [-0.1, -0.05) is 18.2 Å². The number of carboxylic acids is 1. The minimum atomic E-state index is -0.902. The van der Waals surface area contributed by atoms with Crippen molar-refractivity contribution in [2.45, 2.75) is 25.8 Å². The number of aryl methyl sites for hydroxylation is 1. The molecule has 1 heterocycles. The van der Waals surface area contributed by atoms with Crippen LogP contribution in [0.4, 0.5) is 0 Å². The Balaban J connectivity index is 1.70. The normalized spacial score (nSPS) is 13.2. The fourth-order valence-corrected chi connectivity index (χ4v) is 2.61. The van der Waals surface area contributed by atoms with Crippen molar-refractivity contribution in [3.8, 4) is 5.75 Å². The molecule has 0 aliphatic heterocycles. The maximum Gasteiger partial charge on any atom is 0.354 e. The Morgan fingerprint density at radius 3 is 2.85 bits per heavy atom. The SMILES string of the molecule is O=C(O)c1c2c(nn1CCOc1ccccc1)CCC2. The van der Waals surface area contributed by atoms with E-state index in [9.17, 15) is 9.90 Å². The molecule has 1 N–H and O–H groups in total. The molecule has 0 saturated heterocycles. The van der Waals surface area contributed by atoms with Crippen LogP contribution >= 0.6 is 0 Å². The second kappa shape index (κ2) is 5.36. The first kappa shape index (κ1) is 12.7. The van der Waals surface area contributed by atoms with Gasteiger partial charge in [0.2, 0.25) is 0 Å². The lowest BCUT2D eigenvalue weighted by atomic mass is 10.2. The van der Waals surface area contributed by atoms with Gasteiger partial charge in [0.15, 0.2) is 0 Å². The maximum atomic E-state index is 11.4. The van der Waals surface area contributed by atoms with Gasteiger partial charge in [0.25, 0.3) is 0 Å². The van der Waals surface area contributed by atoms with E-state index in [1.807, 2.05) is 30.3 Å². The lowest BCUT2D eigenvalue weighted by Gasteiger charge is -2.08. The van der Waals surface area contributed by atoms with Crippen LogP contribution in [0, 0.1) is 0 Å². The van der Waals surface area contributed by atoms with Gasteiger partial charge in [0.1, 0.15) is 18.1 Å². The van der Waals surface area contributed by atoms with Gasteiger partial charge in [-0.3, -0.25) is 4.68 Å². The molecule has 1 aliphatic carbocycles. The molecule has 1 aliphatic rings. The third kappa shape index (κ3) is 2.39. The van der Waals surface area contributed by atoms with Crippen molar-refractivity contribution in [2.75, 3.05) is 6.61 Å². The number of rotatable bonds is 5. The topological polar surface area (TPSA) is 64.3 Å². The Hall–Kier alpha value is -2.30. The number of carboxylic acid groups (broad SMARTS) is 1. The molecule has 5 heteroatoms. The zero-order chi connectivity index (χ0) is 13.9. The van der Waals surface area contributed by atoms with Crippen LogP contribution in [-0.2, 0) is 19.4 Å². The fourth-order valence-electron chi connectivity index (χ4n) is 2.61. The van der Waals surface area contributed by atoms with Crippen molar-refractivity contribution in [3.63, 3.8) is 0 Å². The summed E-state index contributed by atoms with van der Waals surface area (Å²) in [5, 5.41) is 13.7. The largest absolute Gasteiger partial charge is 0.492 e. The molecule has 104 valence electrons. The highest BCUT2D eigenvalue weighted by atomic mass is 16.5. The molecule has 0 unspecified atom stereocenters. The number of hydrogen-bond donors (Lipinski definition) is 1. The zero-order valence-corrected chi connectivity index (χ0v) is 11.1. The lowest BCUT2D eigenvalue weighted by molar-refractivity contribution is 0.0680. The number of fused-ring (bicyclic) bond motifs is 1. The molecular formula is C15H16N2O3. The highest BCUT2D eigenvalue weighted by Gasteiger charge is 2.25. The van der Waals surface area contributed by atoms with Crippen LogP contribution in [0.3, 0.4) is 0 Å². The average Bonchev–Trinajstić information content (AvgIpc) is 2.99. The Labute approximate surface area is 116 Å². The standard InChI is InChI=1S/C15H16N2O3/c18-15(19)14-12-7-4-8-13(12)16-17(14)9-10-20-11-5-2-1-3-6-11/h1-3,5-6H,4,7-10H2,(H,18,19). The monoisotopic (exact) mass is 272 g/mol. The summed E-state index contributed by atoms with van der Waals surface area (Å²) in [4.78, 5) is 11.4. The molecule has 0 radical (unpaired) electrons. The molecule has 0 saturated carbocycles. The molecule has 0 amide bonds. The highest BCUT2D eigenvalue weighted by Crippen LogP contribution is 2.24. The van der Waals surface area contributed by atoms with E-state index in [1.165, 1.54) is 0 Å². The minimum Gasteiger partial charge on any atom is -0.492 e. The van der Waals surface area contributed by atoms with E-state index in [0.29, 0.717) is 18.8 Å². The number of aromatic nitrogens is 2. The van der Waals surface area contributed by atoms with E-state index >= 15 is 0 Å². The molecule has 1 aromatic carbocycles. The predicted molar refractivity (Wildman–Crippen MR) is 73.1 cm³/mol. The van der Waals surface area contributed by atoms with Gasteiger partial charge < -0.3 is 9.84 Å². The summed E-state index contributed by atoms with van der Waals surface area (Å²) in [6.07, 6.45) is 2.69. The summed E-state index contributed by atoms with van der Waals surface area (Å²) in [6.45, 7) is 0.856. The zero-order valence-electron chi connectivity index (χ0n) is 11.1. The summed E-state index contributed by atoms with van der Waals surface area (Å²) >= 11 is 0. The summed E-state index contributed by atoms with van der Waals surface area (Å²) in [7, 11) is 0. The first-order chi connectivity index (χ1) is 9.75. The Kier molecular flexibility index (Phi) is 3.41. The number of ether oxygens (including phenoxy) is 1. The van der Waals surface area contributed by atoms with Crippen LogP contribution in [0.15, 0.2) is 30.3 Å². The molecule has 0 fully saturated rings. The van der Waals surface area contributed by atoms with E-state index < -0.39 is 5.97 Å². The summed E-state index contributed by atoms with van der Waals surface area (Å²) in [6, 6.07) is 9.48. The molecule has 2 aromatic rings. The minimum absolute atomic E-state index is 0.328. The van der Waals surface area contributed by atoms with Crippen LogP contribution in [0.5, 0.6) is 5.75 Å². The molecule has 0 bridgehead atoms. The molecule has 3 rings (SSSR count). The third-order valence-electron chi connectivity index (χ3n) is 3.49. The number of aromatic carboxylic acids is 1. The first-order valence-corrected chi connectivity index (χ1v) is 6.75. The van der Waals surface area contributed by atoms with Crippen LogP contribution in [0.25, 0.3) is 0 Å². The van der Waals surface area contributed by atoms with Gasteiger partial charge in [-0.15, -0.1) is 0 Å². The number of benzene rings is 1. The molecular weight excluding hydrogens is 256 g/mol. The first-order valence-electron chi connectivity index (χ1n) is 6.75. The summed E-state index contributed by atoms with van der Waals surface area (Å²) in [5.41, 5.74) is 2.16.